The first-order valence-corrected chi connectivity index (χ1v) is 17.7. The Kier molecular flexibility index (Phi) is 8.50. The van der Waals surface area contributed by atoms with Gasteiger partial charge in [0.2, 0.25) is 5.69 Å². The predicted octanol–water partition coefficient (Wildman–Crippen LogP) is 5.54. The third kappa shape index (κ3) is 5.95. The Morgan fingerprint density at radius 3 is 2.38 bits per heavy atom. The highest BCUT2D eigenvalue weighted by atomic mass is 32.2. The number of anilines is 1. The van der Waals surface area contributed by atoms with Crippen LogP contribution in [-0.4, -0.2) is 59.2 Å². The molecule has 1 saturated heterocycles. The van der Waals surface area contributed by atoms with E-state index in [9.17, 15) is 27.4 Å². The van der Waals surface area contributed by atoms with Gasteiger partial charge in [0.25, 0.3) is 11.8 Å². The molecule has 0 spiro atoms. The van der Waals surface area contributed by atoms with Crippen LogP contribution >= 0.6 is 0 Å². The molecule has 0 N–H and O–H groups in total. The zero-order valence-corrected chi connectivity index (χ0v) is 28.2. The van der Waals surface area contributed by atoms with E-state index < -0.39 is 33.3 Å². The van der Waals surface area contributed by atoms with E-state index in [-0.39, 0.29) is 29.6 Å². The second kappa shape index (κ2) is 12.2. The number of carbonyl (C=O) groups is 3. The molecule has 47 heavy (non-hydrogen) atoms. The molecule has 248 valence electrons. The van der Waals surface area contributed by atoms with Gasteiger partial charge < -0.3 is 14.3 Å². The van der Waals surface area contributed by atoms with Crippen molar-refractivity contribution in [3.05, 3.63) is 77.0 Å². The number of hydrogen-bond acceptors (Lipinski definition) is 8. The van der Waals surface area contributed by atoms with Gasteiger partial charge in [-0.25, -0.2) is 13.2 Å². The Hall–Kier alpha value is -4.09. The fraction of sp³-hybridized carbons (Fsp3) is 0.444. The number of benzene rings is 2. The van der Waals surface area contributed by atoms with Crippen LogP contribution in [0.3, 0.4) is 0 Å². The van der Waals surface area contributed by atoms with Gasteiger partial charge in [0.15, 0.2) is 5.71 Å². The van der Waals surface area contributed by atoms with Crippen molar-refractivity contribution in [1.29, 1.82) is 0 Å². The Bertz CT molecular complexity index is 1850. The number of hydroxylamine groups is 2. The van der Waals surface area contributed by atoms with E-state index in [0.717, 1.165) is 36.3 Å². The highest BCUT2D eigenvalue weighted by molar-refractivity contribution is 7.85. The average molecular weight is 660 g/mol. The second-order valence-corrected chi connectivity index (χ2v) is 15.1. The van der Waals surface area contributed by atoms with Crippen LogP contribution in [0.5, 0.6) is 0 Å². The summed E-state index contributed by atoms with van der Waals surface area (Å²) in [6.45, 7) is 10.2. The SMILES string of the molecule is CC1(C)C2=[N+](CCC/C2=C\C=C2\N(CCCCCC(=O)ON3C(=O)CCC3=O)c3ccc(S(=O)(=O)[O-])cc3C2(C)C)c2ccccc21. The summed E-state index contributed by atoms with van der Waals surface area (Å²) in [5, 5.41) is 0.572. The van der Waals surface area contributed by atoms with Crippen molar-refractivity contribution in [1.82, 2.24) is 5.06 Å². The molecule has 6 rings (SSSR count). The molecule has 11 heteroatoms. The van der Waals surface area contributed by atoms with Crippen LogP contribution in [-0.2, 0) is 40.2 Å². The maximum atomic E-state index is 12.3. The molecule has 0 saturated carbocycles. The summed E-state index contributed by atoms with van der Waals surface area (Å²) in [4.78, 5) is 42.7. The standard InChI is InChI=1S/C36H41N3O7S/c1-35(2)27-23-25(47(43,44)45)16-17-29(27)37(21-9-5-6-14-33(42)46-39-31(40)19-20-32(39)41)30(35)18-15-24-11-10-22-38-28-13-8-7-12-26(28)36(3,4)34(24)38/h7-8,12-13,15-18,23H,5-6,9-11,14,19-22H2,1-4H3. The van der Waals surface area contributed by atoms with Crippen molar-refractivity contribution in [2.75, 3.05) is 18.0 Å². The molecule has 4 heterocycles. The lowest BCUT2D eigenvalue weighted by atomic mass is 9.77. The van der Waals surface area contributed by atoms with Crippen molar-refractivity contribution in [3.8, 4) is 0 Å². The predicted molar refractivity (Wildman–Crippen MR) is 175 cm³/mol. The molecule has 0 unspecified atom stereocenters. The Morgan fingerprint density at radius 1 is 0.936 bits per heavy atom. The summed E-state index contributed by atoms with van der Waals surface area (Å²) in [5.74, 6) is -1.61. The molecule has 1 fully saturated rings. The van der Waals surface area contributed by atoms with Gasteiger partial charge in [-0.3, -0.25) is 9.59 Å². The molecule has 0 aromatic heterocycles. The van der Waals surface area contributed by atoms with Crippen LogP contribution in [0, 0.1) is 0 Å². The highest BCUT2D eigenvalue weighted by Crippen LogP contribution is 2.49. The van der Waals surface area contributed by atoms with Gasteiger partial charge in [0, 0.05) is 66.2 Å². The van der Waals surface area contributed by atoms with E-state index >= 15 is 0 Å². The second-order valence-electron chi connectivity index (χ2n) is 13.8. The maximum Gasteiger partial charge on any atom is 0.333 e. The molecule has 10 nitrogen and oxygen atoms in total. The van der Waals surface area contributed by atoms with E-state index in [0.29, 0.717) is 30.9 Å². The van der Waals surface area contributed by atoms with E-state index in [1.54, 1.807) is 6.07 Å². The number of hydrogen-bond donors (Lipinski definition) is 0. The minimum Gasteiger partial charge on any atom is -0.744 e. The molecular formula is C36H41N3O7S. The quantitative estimate of drug-likeness (QED) is 0.149. The smallest absolute Gasteiger partial charge is 0.333 e. The first kappa shape index (κ1) is 32.8. The lowest BCUT2D eigenvalue weighted by Gasteiger charge is -2.27. The monoisotopic (exact) mass is 659 g/mol. The Labute approximate surface area is 276 Å². The van der Waals surface area contributed by atoms with Gasteiger partial charge in [-0.15, -0.1) is 5.06 Å². The molecule has 0 aliphatic carbocycles. The average Bonchev–Trinajstić information content (AvgIpc) is 3.55. The van der Waals surface area contributed by atoms with Crippen LogP contribution < -0.4 is 4.90 Å². The van der Waals surface area contributed by atoms with Crippen LogP contribution in [0.1, 0.15) is 90.2 Å². The minimum atomic E-state index is -4.63. The maximum absolute atomic E-state index is 12.3. The fourth-order valence-electron chi connectivity index (χ4n) is 7.59. The van der Waals surface area contributed by atoms with E-state index in [1.807, 2.05) is 13.8 Å². The zero-order valence-electron chi connectivity index (χ0n) is 27.4. The molecule has 4 aliphatic heterocycles. The van der Waals surface area contributed by atoms with Crippen molar-refractivity contribution in [2.24, 2.45) is 0 Å². The van der Waals surface area contributed by atoms with Crippen molar-refractivity contribution in [3.63, 3.8) is 0 Å². The topological polar surface area (TPSA) is 127 Å². The van der Waals surface area contributed by atoms with Crippen molar-refractivity contribution < 1.29 is 36.8 Å². The largest absolute Gasteiger partial charge is 0.744 e. The van der Waals surface area contributed by atoms with Crippen molar-refractivity contribution >= 4 is 45.0 Å². The van der Waals surface area contributed by atoms with Gasteiger partial charge in [-0.1, -0.05) is 44.5 Å². The third-order valence-corrected chi connectivity index (χ3v) is 10.7. The highest BCUT2D eigenvalue weighted by Gasteiger charge is 2.48. The Morgan fingerprint density at radius 2 is 1.66 bits per heavy atom. The lowest BCUT2D eigenvalue weighted by molar-refractivity contribution is -0.441. The fourth-order valence-corrected chi connectivity index (χ4v) is 8.09. The van der Waals surface area contributed by atoms with Gasteiger partial charge >= 0.3 is 5.97 Å². The number of unbranched alkanes of at least 4 members (excludes halogenated alkanes) is 2. The summed E-state index contributed by atoms with van der Waals surface area (Å²) < 4.78 is 38.3. The number of nitrogens with zero attached hydrogens (tertiary/aromatic N) is 3. The first-order chi connectivity index (χ1) is 22.2. The minimum absolute atomic E-state index is 0.0531. The van der Waals surface area contributed by atoms with Gasteiger partial charge in [-0.2, -0.15) is 4.58 Å². The molecule has 4 aliphatic rings. The summed E-state index contributed by atoms with van der Waals surface area (Å²) >= 11 is 0. The van der Waals surface area contributed by atoms with Gasteiger partial charge in [0.1, 0.15) is 16.7 Å². The molecule has 0 bridgehead atoms. The summed E-state index contributed by atoms with van der Waals surface area (Å²) in [6.07, 6.45) is 8.44. The molecule has 0 atom stereocenters. The summed E-state index contributed by atoms with van der Waals surface area (Å²) in [7, 11) is -4.63. The Balaban J connectivity index is 1.25. The number of allylic oxidation sites excluding steroid dienone is 4. The normalized spacial score (nSPS) is 21.5. The molecule has 2 aromatic carbocycles. The number of fused-ring (bicyclic) bond motifs is 3. The van der Waals surface area contributed by atoms with Crippen molar-refractivity contribution in [2.45, 2.75) is 94.8 Å². The number of para-hydroxylation sites is 1. The molecule has 0 radical (unpaired) electrons. The van der Waals surface area contributed by atoms with E-state index in [2.05, 4.69) is 59.7 Å². The number of carbonyl (C=O) groups excluding carboxylic acids is 3. The lowest BCUT2D eigenvalue weighted by Crippen LogP contribution is -2.34. The van der Waals surface area contributed by atoms with Crippen LogP contribution in [0.15, 0.2) is 70.8 Å². The van der Waals surface area contributed by atoms with Crippen LogP contribution in [0.25, 0.3) is 0 Å². The summed E-state index contributed by atoms with van der Waals surface area (Å²) in [6, 6.07) is 13.2. The number of rotatable bonds is 9. The molecule has 2 aromatic rings. The van der Waals surface area contributed by atoms with Crippen LogP contribution in [0.2, 0.25) is 0 Å². The van der Waals surface area contributed by atoms with Gasteiger partial charge in [0.05, 0.1) is 10.3 Å². The summed E-state index contributed by atoms with van der Waals surface area (Å²) in [5.41, 5.74) is 7.05. The first-order valence-electron chi connectivity index (χ1n) is 16.3. The zero-order chi connectivity index (χ0) is 33.7. The molecular weight excluding hydrogens is 618 g/mol. The van der Waals surface area contributed by atoms with E-state index in [1.165, 1.54) is 34.7 Å². The van der Waals surface area contributed by atoms with Crippen LogP contribution in [0.4, 0.5) is 11.4 Å². The number of amides is 2. The molecule has 2 amide bonds. The third-order valence-electron chi connectivity index (χ3n) is 9.92. The van der Waals surface area contributed by atoms with Gasteiger partial charge in [-0.05, 0) is 62.9 Å². The number of imide groups is 1. The van der Waals surface area contributed by atoms with E-state index in [4.69, 9.17) is 4.84 Å².